The van der Waals surface area contributed by atoms with E-state index < -0.39 is 5.67 Å². The topological polar surface area (TPSA) is 21.6 Å². The number of alkyl halides is 1. The molecule has 0 radical (unpaired) electrons. The van der Waals surface area contributed by atoms with E-state index in [0.29, 0.717) is 12.8 Å². The van der Waals surface area contributed by atoms with Crippen molar-refractivity contribution in [2.24, 2.45) is 5.16 Å². The first kappa shape index (κ1) is 8.97. The van der Waals surface area contributed by atoms with Crippen molar-refractivity contribution in [3.63, 3.8) is 0 Å². The fourth-order valence-electron chi connectivity index (χ4n) is 2.20. The van der Waals surface area contributed by atoms with Crippen LogP contribution in [0.15, 0.2) is 5.16 Å². The van der Waals surface area contributed by atoms with Gasteiger partial charge in [0.1, 0.15) is 11.3 Å². The van der Waals surface area contributed by atoms with E-state index in [0.717, 1.165) is 25.0 Å². The van der Waals surface area contributed by atoms with Crippen molar-refractivity contribution in [3.05, 3.63) is 0 Å². The zero-order valence-corrected chi connectivity index (χ0v) is 8.27. The first-order chi connectivity index (χ1) is 6.02. The van der Waals surface area contributed by atoms with Crippen LogP contribution in [-0.4, -0.2) is 17.0 Å². The summed E-state index contributed by atoms with van der Waals surface area (Å²) >= 11 is 0. The lowest BCUT2D eigenvalue weighted by molar-refractivity contribution is -0.0740. The van der Waals surface area contributed by atoms with Gasteiger partial charge in [0, 0.05) is 6.42 Å². The maximum Gasteiger partial charge on any atom is 0.143 e. The molecular weight excluding hydrogens is 169 g/mol. The van der Waals surface area contributed by atoms with E-state index in [1.165, 1.54) is 0 Å². The quantitative estimate of drug-likeness (QED) is 0.568. The lowest BCUT2D eigenvalue weighted by Gasteiger charge is -2.36. The molecule has 0 unspecified atom stereocenters. The maximum absolute atomic E-state index is 13.5. The van der Waals surface area contributed by atoms with Crippen LogP contribution in [0.1, 0.15) is 46.0 Å². The van der Waals surface area contributed by atoms with Crippen molar-refractivity contribution in [1.29, 1.82) is 0 Å². The number of nitrogens with zero attached hydrogens (tertiary/aromatic N) is 1. The fraction of sp³-hybridized carbons (Fsp3) is 0.900. The molecule has 0 aromatic carbocycles. The fourth-order valence-corrected chi connectivity index (χ4v) is 2.20. The Balaban J connectivity index is 1.99. The summed E-state index contributed by atoms with van der Waals surface area (Å²) in [6, 6.07) is 0. The Morgan fingerprint density at radius 2 is 1.92 bits per heavy atom. The van der Waals surface area contributed by atoms with E-state index in [2.05, 4.69) is 5.16 Å². The van der Waals surface area contributed by atoms with Gasteiger partial charge in [-0.25, -0.2) is 4.39 Å². The smallest absolute Gasteiger partial charge is 0.143 e. The Morgan fingerprint density at radius 1 is 1.31 bits per heavy atom. The van der Waals surface area contributed by atoms with Gasteiger partial charge in [-0.3, -0.25) is 0 Å². The normalized spacial score (nSPS) is 44.7. The number of oxime groups is 1. The molecule has 1 aliphatic carbocycles. The minimum absolute atomic E-state index is 0.143. The molecule has 0 bridgehead atoms. The minimum atomic E-state index is -0.981. The Labute approximate surface area is 78.1 Å². The largest absolute Gasteiger partial charge is 0.389 e. The molecule has 0 aromatic heterocycles. The minimum Gasteiger partial charge on any atom is -0.389 e. The maximum atomic E-state index is 13.5. The first-order valence-corrected chi connectivity index (χ1v) is 4.92. The van der Waals surface area contributed by atoms with Crippen LogP contribution >= 0.6 is 0 Å². The molecular formula is C10H16FNO. The van der Waals surface area contributed by atoms with Gasteiger partial charge in [-0.1, -0.05) is 5.16 Å². The molecule has 13 heavy (non-hydrogen) atoms. The Bertz CT molecular complexity index is 237. The van der Waals surface area contributed by atoms with Gasteiger partial charge in [-0.2, -0.15) is 0 Å². The summed E-state index contributed by atoms with van der Waals surface area (Å²) in [6.07, 6.45) is 3.72. The molecule has 2 aliphatic rings. The van der Waals surface area contributed by atoms with Crippen molar-refractivity contribution < 1.29 is 9.23 Å². The highest BCUT2D eigenvalue weighted by Gasteiger charge is 2.45. The molecule has 0 N–H and O–H groups in total. The molecule has 1 aliphatic heterocycles. The second-order valence-electron chi connectivity index (χ2n) is 4.69. The summed E-state index contributed by atoms with van der Waals surface area (Å²) in [5.41, 5.74) is -0.0803. The van der Waals surface area contributed by atoms with Crippen molar-refractivity contribution >= 4 is 5.71 Å². The van der Waals surface area contributed by atoms with Gasteiger partial charge < -0.3 is 4.84 Å². The van der Waals surface area contributed by atoms with Crippen LogP contribution in [0.5, 0.6) is 0 Å². The zero-order valence-electron chi connectivity index (χ0n) is 8.27. The van der Waals surface area contributed by atoms with Gasteiger partial charge in [0.2, 0.25) is 0 Å². The average molecular weight is 185 g/mol. The first-order valence-electron chi connectivity index (χ1n) is 4.92. The Kier molecular flexibility index (Phi) is 1.86. The van der Waals surface area contributed by atoms with Gasteiger partial charge in [0.05, 0.1) is 5.71 Å². The molecule has 0 amide bonds. The van der Waals surface area contributed by atoms with Gasteiger partial charge in [-0.05, 0) is 39.5 Å². The summed E-state index contributed by atoms with van der Waals surface area (Å²) in [7, 11) is 0. The Hall–Kier alpha value is -0.600. The van der Waals surface area contributed by atoms with E-state index in [1.54, 1.807) is 6.92 Å². The zero-order chi connectivity index (χ0) is 9.53. The summed E-state index contributed by atoms with van der Waals surface area (Å²) in [5.74, 6) is 0. The van der Waals surface area contributed by atoms with Crippen LogP contribution in [0.4, 0.5) is 4.39 Å². The highest BCUT2D eigenvalue weighted by atomic mass is 19.1. The van der Waals surface area contributed by atoms with E-state index in [9.17, 15) is 4.39 Å². The summed E-state index contributed by atoms with van der Waals surface area (Å²) in [4.78, 5) is 5.41. The molecule has 2 rings (SSSR count). The number of halogens is 1. The van der Waals surface area contributed by atoms with Crippen LogP contribution in [0.2, 0.25) is 0 Å². The van der Waals surface area contributed by atoms with E-state index in [4.69, 9.17) is 4.84 Å². The molecule has 0 saturated heterocycles. The monoisotopic (exact) mass is 185 g/mol. The highest BCUT2D eigenvalue weighted by Crippen LogP contribution is 2.43. The molecule has 1 heterocycles. The summed E-state index contributed by atoms with van der Waals surface area (Å²) in [6.45, 7) is 3.65. The van der Waals surface area contributed by atoms with Crippen LogP contribution in [0.3, 0.4) is 0 Å². The molecule has 1 fully saturated rings. The molecule has 3 heteroatoms. The van der Waals surface area contributed by atoms with Crippen LogP contribution < -0.4 is 0 Å². The lowest BCUT2D eigenvalue weighted by Crippen LogP contribution is -2.39. The van der Waals surface area contributed by atoms with E-state index in [-0.39, 0.29) is 5.60 Å². The third-order valence-electron chi connectivity index (χ3n) is 3.18. The molecule has 0 aromatic rings. The van der Waals surface area contributed by atoms with Crippen LogP contribution in [0, 0.1) is 0 Å². The second kappa shape index (κ2) is 2.69. The number of hydrogen-bond acceptors (Lipinski definition) is 2. The predicted octanol–water partition coefficient (Wildman–Crippen LogP) is 2.82. The van der Waals surface area contributed by atoms with Crippen LogP contribution in [-0.2, 0) is 4.84 Å². The third kappa shape index (κ3) is 1.69. The molecule has 74 valence electrons. The number of hydrogen-bond donors (Lipinski definition) is 0. The van der Waals surface area contributed by atoms with Crippen LogP contribution in [0.25, 0.3) is 0 Å². The Morgan fingerprint density at radius 3 is 2.38 bits per heavy atom. The molecule has 1 saturated carbocycles. The van der Waals surface area contributed by atoms with Crippen molar-refractivity contribution in [3.8, 4) is 0 Å². The van der Waals surface area contributed by atoms with Gasteiger partial charge in [0.25, 0.3) is 0 Å². The van der Waals surface area contributed by atoms with Crippen molar-refractivity contribution in [1.82, 2.24) is 0 Å². The standard InChI is InChI=1S/C10H16FNO/c1-8-7-10(13-12-8)5-3-9(2,11)4-6-10/h3-7H2,1-2H3. The van der Waals surface area contributed by atoms with Gasteiger partial charge >= 0.3 is 0 Å². The average Bonchev–Trinajstić information content (AvgIpc) is 2.41. The lowest BCUT2D eigenvalue weighted by atomic mass is 9.76. The predicted molar refractivity (Wildman–Crippen MR) is 49.5 cm³/mol. The summed E-state index contributed by atoms with van der Waals surface area (Å²) < 4.78 is 13.5. The van der Waals surface area contributed by atoms with Gasteiger partial charge in [-0.15, -0.1) is 0 Å². The molecule has 1 spiro atoms. The van der Waals surface area contributed by atoms with Crippen molar-refractivity contribution in [2.75, 3.05) is 0 Å². The molecule has 0 atom stereocenters. The molecule has 2 nitrogen and oxygen atoms in total. The van der Waals surface area contributed by atoms with E-state index >= 15 is 0 Å². The third-order valence-corrected chi connectivity index (χ3v) is 3.18. The second-order valence-corrected chi connectivity index (χ2v) is 4.69. The van der Waals surface area contributed by atoms with E-state index in [1.807, 2.05) is 6.92 Å². The number of rotatable bonds is 0. The summed E-state index contributed by atoms with van der Waals surface area (Å²) in [5, 5.41) is 3.96. The van der Waals surface area contributed by atoms with Crippen molar-refractivity contribution in [2.45, 2.75) is 57.2 Å². The highest BCUT2D eigenvalue weighted by molar-refractivity contribution is 5.83. The van der Waals surface area contributed by atoms with Gasteiger partial charge in [0.15, 0.2) is 0 Å². The SMILES string of the molecule is CC1=NOC2(CCC(C)(F)CC2)C1.